The average Bonchev–Trinajstić information content (AvgIpc) is 2.40. The average molecular weight is 264 g/mol. The van der Waals surface area contributed by atoms with E-state index in [1.807, 2.05) is 37.4 Å². The van der Waals surface area contributed by atoms with E-state index in [0.717, 1.165) is 11.3 Å². The number of methoxy groups -OCH3 is 1. The predicted molar refractivity (Wildman–Crippen MR) is 70.9 cm³/mol. The number of nitrogens with zero attached hydrogens (tertiary/aromatic N) is 2. The van der Waals surface area contributed by atoms with Gasteiger partial charge in [-0.05, 0) is 30.8 Å². The molecular weight excluding hydrogens is 250 g/mol. The van der Waals surface area contributed by atoms with Crippen LogP contribution in [-0.4, -0.2) is 24.4 Å². The highest BCUT2D eigenvalue weighted by atomic mass is 35.5. The van der Waals surface area contributed by atoms with Gasteiger partial charge in [0, 0.05) is 11.1 Å². The second-order valence-corrected chi connectivity index (χ2v) is 4.21. The van der Waals surface area contributed by atoms with Crippen molar-refractivity contribution in [2.24, 2.45) is 0 Å². The zero-order valence-corrected chi connectivity index (χ0v) is 11.0. The van der Waals surface area contributed by atoms with Gasteiger partial charge in [0.05, 0.1) is 18.8 Å². The van der Waals surface area contributed by atoms with E-state index in [1.54, 1.807) is 13.2 Å². The van der Waals surface area contributed by atoms with Gasteiger partial charge in [0.25, 0.3) is 0 Å². The molecule has 0 aliphatic carbocycles. The van der Waals surface area contributed by atoms with Crippen LogP contribution in [0.4, 0.5) is 0 Å². The summed E-state index contributed by atoms with van der Waals surface area (Å²) in [6, 6.07) is 11.3. The number of hydrogen-bond donors (Lipinski definition) is 1. The fraction of sp³-hybridized carbons (Fsp3) is 0.231. The summed E-state index contributed by atoms with van der Waals surface area (Å²) in [7, 11) is 3.44. The van der Waals surface area contributed by atoms with E-state index in [1.165, 1.54) is 0 Å². The van der Waals surface area contributed by atoms with E-state index >= 15 is 0 Å². The Labute approximate surface area is 111 Å². The molecule has 0 saturated heterocycles. The lowest BCUT2D eigenvalue weighted by atomic mass is 10.0. The van der Waals surface area contributed by atoms with Crippen LogP contribution in [0.2, 0.25) is 5.02 Å². The Morgan fingerprint density at radius 2 is 2.06 bits per heavy atom. The monoisotopic (exact) mass is 263 g/mol. The Morgan fingerprint density at radius 1 is 1.22 bits per heavy atom. The zero-order chi connectivity index (χ0) is 13.0. The highest BCUT2D eigenvalue weighted by Crippen LogP contribution is 2.22. The molecule has 1 atom stereocenters. The first-order chi connectivity index (χ1) is 8.74. The van der Waals surface area contributed by atoms with Crippen LogP contribution in [-0.2, 0) is 0 Å². The second-order valence-electron chi connectivity index (χ2n) is 3.78. The smallest absolute Gasteiger partial charge is 0.233 e. The summed E-state index contributed by atoms with van der Waals surface area (Å²) >= 11 is 6.00. The highest BCUT2D eigenvalue weighted by molar-refractivity contribution is 6.30. The largest absolute Gasteiger partial charge is 0.480 e. The predicted octanol–water partition coefficient (Wildman–Crippen LogP) is 2.45. The van der Waals surface area contributed by atoms with Crippen LogP contribution in [0.3, 0.4) is 0 Å². The number of nitrogens with one attached hydrogen (secondary N) is 1. The quantitative estimate of drug-likeness (QED) is 0.920. The minimum absolute atomic E-state index is 0.0397. The minimum Gasteiger partial charge on any atom is -0.480 e. The fourth-order valence-electron chi connectivity index (χ4n) is 1.76. The Balaban J connectivity index is 2.32. The molecule has 0 amide bonds. The van der Waals surface area contributed by atoms with Gasteiger partial charge in [0.2, 0.25) is 5.88 Å². The lowest BCUT2D eigenvalue weighted by molar-refractivity contribution is 0.390. The van der Waals surface area contributed by atoms with Crippen molar-refractivity contribution in [3.63, 3.8) is 0 Å². The van der Waals surface area contributed by atoms with Crippen molar-refractivity contribution < 1.29 is 4.74 Å². The number of benzene rings is 1. The van der Waals surface area contributed by atoms with E-state index in [4.69, 9.17) is 16.3 Å². The molecule has 0 aliphatic heterocycles. The topological polar surface area (TPSA) is 47.0 Å². The van der Waals surface area contributed by atoms with Gasteiger partial charge in [-0.2, -0.15) is 0 Å². The minimum atomic E-state index is -0.0397. The van der Waals surface area contributed by atoms with Gasteiger partial charge in [-0.15, -0.1) is 10.2 Å². The molecule has 1 aromatic heterocycles. The first-order valence-corrected chi connectivity index (χ1v) is 5.92. The maximum absolute atomic E-state index is 6.00. The van der Waals surface area contributed by atoms with Crippen LogP contribution in [0.25, 0.3) is 0 Å². The van der Waals surface area contributed by atoms with E-state index in [9.17, 15) is 0 Å². The van der Waals surface area contributed by atoms with E-state index in [0.29, 0.717) is 10.9 Å². The molecule has 0 saturated carbocycles. The normalized spacial score (nSPS) is 12.2. The lowest BCUT2D eigenvalue weighted by Gasteiger charge is -2.15. The SMILES string of the molecule is CNC(c1cccc(Cl)c1)c1ccc(OC)nn1. The Kier molecular flexibility index (Phi) is 4.12. The zero-order valence-electron chi connectivity index (χ0n) is 10.2. The van der Waals surface area contributed by atoms with Gasteiger partial charge in [-0.3, -0.25) is 0 Å². The Hall–Kier alpha value is -1.65. The molecule has 1 unspecified atom stereocenters. The lowest BCUT2D eigenvalue weighted by Crippen LogP contribution is -2.19. The van der Waals surface area contributed by atoms with E-state index in [2.05, 4.69) is 15.5 Å². The summed E-state index contributed by atoms with van der Waals surface area (Å²) in [5, 5.41) is 12.0. The molecule has 0 radical (unpaired) electrons. The van der Waals surface area contributed by atoms with Crippen molar-refractivity contribution in [3.05, 3.63) is 52.7 Å². The summed E-state index contributed by atoms with van der Waals surface area (Å²) in [5.74, 6) is 0.500. The van der Waals surface area contributed by atoms with E-state index < -0.39 is 0 Å². The standard InChI is InChI=1S/C13H14ClN3O/c1-15-13(9-4-3-5-10(14)8-9)11-6-7-12(18-2)17-16-11/h3-8,13,15H,1-2H3. The molecule has 2 rings (SSSR count). The van der Waals surface area contributed by atoms with Crippen LogP contribution >= 0.6 is 11.6 Å². The Morgan fingerprint density at radius 3 is 2.61 bits per heavy atom. The summed E-state index contributed by atoms with van der Waals surface area (Å²) in [6.45, 7) is 0. The third-order valence-electron chi connectivity index (χ3n) is 2.64. The molecule has 5 heteroatoms. The van der Waals surface area contributed by atoms with Crippen LogP contribution in [0, 0.1) is 0 Å². The van der Waals surface area contributed by atoms with Gasteiger partial charge < -0.3 is 10.1 Å². The highest BCUT2D eigenvalue weighted by Gasteiger charge is 2.14. The van der Waals surface area contributed by atoms with Crippen LogP contribution in [0.1, 0.15) is 17.3 Å². The molecule has 0 fully saturated rings. The fourth-order valence-corrected chi connectivity index (χ4v) is 1.96. The van der Waals surface area contributed by atoms with Crippen molar-refractivity contribution in [2.45, 2.75) is 6.04 Å². The van der Waals surface area contributed by atoms with Crippen molar-refractivity contribution in [2.75, 3.05) is 14.2 Å². The van der Waals surface area contributed by atoms with Crippen molar-refractivity contribution in [3.8, 4) is 5.88 Å². The molecule has 18 heavy (non-hydrogen) atoms. The third-order valence-corrected chi connectivity index (χ3v) is 2.87. The van der Waals surface area contributed by atoms with Crippen molar-refractivity contribution in [1.29, 1.82) is 0 Å². The van der Waals surface area contributed by atoms with Crippen LogP contribution < -0.4 is 10.1 Å². The molecule has 0 spiro atoms. The molecule has 1 heterocycles. The number of hydrogen-bond acceptors (Lipinski definition) is 4. The van der Waals surface area contributed by atoms with Gasteiger partial charge in [0.1, 0.15) is 0 Å². The van der Waals surface area contributed by atoms with Gasteiger partial charge in [-0.25, -0.2) is 0 Å². The first kappa shape index (κ1) is 12.8. The van der Waals surface area contributed by atoms with Gasteiger partial charge >= 0.3 is 0 Å². The summed E-state index contributed by atoms with van der Waals surface area (Å²) in [5.41, 5.74) is 1.87. The molecule has 2 aromatic rings. The first-order valence-electron chi connectivity index (χ1n) is 5.55. The maximum atomic E-state index is 6.00. The second kappa shape index (κ2) is 5.80. The molecule has 1 N–H and O–H groups in total. The number of aromatic nitrogens is 2. The van der Waals surface area contributed by atoms with Crippen molar-refractivity contribution >= 4 is 11.6 Å². The molecular formula is C13H14ClN3O. The maximum Gasteiger partial charge on any atom is 0.233 e. The summed E-state index contributed by atoms with van der Waals surface area (Å²) in [4.78, 5) is 0. The van der Waals surface area contributed by atoms with Gasteiger partial charge in [0.15, 0.2) is 0 Å². The molecule has 94 valence electrons. The number of rotatable bonds is 4. The summed E-state index contributed by atoms with van der Waals surface area (Å²) in [6.07, 6.45) is 0. The molecule has 0 bridgehead atoms. The van der Waals surface area contributed by atoms with E-state index in [-0.39, 0.29) is 6.04 Å². The van der Waals surface area contributed by atoms with Crippen molar-refractivity contribution in [1.82, 2.24) is 15.5 Å². The van der Waals surface area contributed by atoms with Crippen LogP contribution in [0.15, 0.2) is 36.4 Å². The van der Waals surface area contributed by atoms with Crippen LogP contribution in [0.5, 0.6) is 5.88 Å². The summed E-state index contributed by atoms with van der Waals surface area (Å²) < 4.78 is 4.99. The Bertz CT molecular complexity index is 516. The molecule has 4 nitrogen and oxygen atoms in total. The molecule has 1 aromatic carbocycles. The molecule has 0 aliphatic rings. The third kappa shape index (κ3) is 2.78. The number of ether oxygens (including phenoxy) is 1. The van der Waals surface area contributed by atoms with Gasteiger partial charge in [-0.1, -0.05) is 23.7 Å². The number of halogens is 1.